The average molecular weight is 293 g/mol. The number of nitrogens with zero attached hydrogens (tertiary/aromatic N) is 2. The van der Waals surface area contributed by atoms with Crippen molar-refractivity contribution in [3.8, 4) is 0 Å². The van der Waals surface area contributed by atoms with Crippen molar-refractivity contribution in [2.24, 2.45) is 18.4 Å². The van der Waals surface area contributed by atoms with Crippen molar-refractivity contribution in [1.82, 2.24) is 9.78 Å². The van der Waals surface area contributed by atoms with Gasteiger partial charge in [0.25, 0.3) is 0 Å². The second-order valence-corrected chi connectivity index (χ2v) is 7.13. The van der Waals surface area contributed by atoms with Crippen LogP contribution >= 0.6 is 0 Å². The summed E-state index contributed by atoms with van der Waals surface area (Å²) in [5, 5.41) is 4.28. The van der Waals surface area contributed by atoms with Gasteiger partial charge in [-0.25, -0.2) is 4.79 Å². The van der Waals surface area contributed by atoms with Gasteiger partial charge in [0.05, 0.1) is 11.4 Å². The molecular weight excluding hydrogens is 266 g/mol. The number of nitrogen functional groups attached to an aromatic ring is 1. The summed E-state index contributed by atoms with van der Waals surface area (Å²) in [5.74, 6) is 0.221. The zero-order valence-electron chi connectivity index (χ0n) is 13.8. The molecule has 1 aliphatic carbocycles. The van der Waals surface area contributed by atoms with E-state index in [0.29, 0.717) is 23.7 Å². The number of ether oxygens (including phenoxy) is 1. The maximum Gasteiger partial charge on any atom is 0.359 e. The Morgan fingerprint density at radius 2 is 2.14 bits per heavy atom. The van der Waals surface area contributed by atoms with Crippen LogP contribution in [0.1, 0.15) is 63.1 Å². The van der Waals surface area contributed by atoms with E-state index in [0.717, 1.165) is 18.5 Å². The number of anilines is 1. The first kappa shape index (κ1) is 15.9. The van der Waals surface area contributed by atoms with E-state index in [1.54, 1.807) is 7.05 Å². The molecule has 1 aromatic rings. The zero-order chi connectivity index (χ0) is 15.8. The summed E-state index contributed by atoms with van der Waals surface area (Å²) in [6.45, 7) is 8.66. The quantitative estimate of drug-likeness (QED) is 0.870. The van der Waals surface area contributed by atoms with Crippen molar-refractivity contribution in [3.63, 3.8) is 0 Å². The van der Waals surface area contributed by atoms with Crippen LogP contribution in [0.5, 0.6) is 0 Å². The minimum atomic E-state index is -0.350. The van der Waals surface area contributed by atoms with Crippen LogP contribution < -0.4 is 5.73 Å². The third kappa shape index (κ3) is 3.39. The molecule has 0 aromatic carbocycles. The molecular formula is C16H27N3O2. The van der Waals surface area contributed by atoms with Gasteiger partial charge in [0.2, 0.25) is 0 Å². The summed E-state index contributed by atoms with van der Waals surface area (Å²) < 4.78 is 7.26. The standard InChI is InChI=1S/C16H27N3O2/c1-6-12-13(17)14(19(5)18-12)15(20)21-11-7-10(2)8-16(3,4)9-11/h10-11H,6-9,17H2,1-5H3. The Hall–Kier alpha value is -1.52. The molecule has 2 N–H and O–H groups in total. The van der Waals surface area contributed by atoms with Gasteiger partial charge in [-0.3, -0.25) is 4.68 Å². The number of hydrogen-bond acceptors (Lipinski definition) is 4. The number of aromatic nitrogens is 2. The Bertz CT molecular complexity index is 534. The molecule has 2 atom stereocenters. The van der Waals surface area contributed by atoms with Crippen molar-refractivity contribution in [2.75, 3.05) is 5.73 Å². The molecule has 0 spiro atoms. The molecule has 2 rings (SSSR count). The van der Waals surface area contributed by atoms with Gasteiger partial charge in [-0.1, -0.05) is 27.7 Å². The fourth-order valence-electron chi connectivity index (χ4n) is 3.65. The van der Waals surface area contributed by atoms with E-state index in [-0.39, 0.29) is 17.5 Å². The highest BCUT2D eigenvalue weighted by Gasteiger charge is 2.35. The van der Waals surface area contributed by atoms with Crippen molar-refractivity contribution in [3.05, 3.63) is 11.4 Å². The van der Waals surface area contributed by atoms with Crippen molar-refractivity contribution < 1.29 is 9.53 Å². The molecule has 1 fully saturated rings. The lowest BCUT2D eigenvalue weighted by Gasteiger charge is -2.38. The van der Waals surface area contributed by atoms with Gasteiger partial charge in [0.15, 0.2) is 5.69 Å². The van der Waals surface area contributed by atoms with Crippen molar-refractivity contribution >= 4 is 11.7 Å². The first-order valence-electron chi connectivity index (χ1n) is 7.76. The molecule has 5 nitrogen and oxygen atoms in total. The van der Waals surface area contributed by atoms with Crippen LogP contribution in [0.25, 0.3) is 0 Å². The minimum absolute atomic E-state index is 0.0318. The van der Waals surface area contributed by atoms with E-state index in [2.05, 4.69) is 25.9 Å². The third-order valence-corrected chi connectivity index (χ3v) is 4.31. The van der Waals surface area contributed by atoms with Gasteiger partial charge in [-0.15, -0.1) is 0 Å². The zero-order valence-corrected chi connectivity index (χ0v) is 13.8. The predicted octanol–water partition coefficient (Wildman–Crippen LogP) is 2.94. The SMILES string of the molecule is CCc1nn(C)c(C(=O)OC2CC(C)CC(C)(C)C2)c1N. The highest BCUT2D eigenvalue weighted by molar-refractivity contribution is 5.94. The van der Waals surface area contributed by atoms with Crippen LogP contribution in [0.4, 0.5) is 5.69 Å². The fraction of sp³-hybridized carbons (Fsp3) is 0.750. The molecule has 5 heteroatoms. The van der Waals surface area contributed by atoms with Gasteiger partial charge >= 0.3 is 5.97 Å². The molecule has 118 valence electrons. The van der Waals surface area contributed by atoms with E-state index in [1.807, 2.05) is 6.92 Å². The summed E-state index contributed by atoms with van der Waals surface area (Å²) in [6.07, 6.45) is 3.68. The van der Waals surface area contributed by atoms with Gasteiger partial charge in [-0.05, 0) is 37.0 Å². The lowest BCUT2D eigenvalue weighted by Crippen LogP contribution is -2.34. The summed E-state index contributed by atoms with van der Waals surface area (Å²) in [6, 6.07) is 0. The van der Waals surface area contributed by atoms with Crippen LogP contribution in [0, 0.1) is 11.3 Å². The fourth-order valence-corrected chi connectivity index (χ4v) is 3.65. The molecule has 1 heterocycles. The Morgan fingerprint density at radius 3 is 2.67 bits per heavy atom. The van der Waals surface area contributed by atoms with Gasteiger partial charge in [0.1, 0.15) is 6.10 Å². The Kier molecular flexibility index (Phi) is 4.30. The number of rotatable bonds is 3. The lowest BCUT2D eigenvalue weighted by atomic mass is 9.71. The van der Waals surface area contributed by atoms with E-state index in [9.17, 15) is 4.79 Å². The Labute approximate surface area is 126 Å². The molecule has 0 saturated heterocycles. The summed E-state index contributed by atoms with van der Waals surface area (Å²) in [4.78, 5) is 12.4. The number of nitrogens with two attached hydrogens (primary N) is 1. The van der Waals surface area contributed by atoms with E-state index in [1.165, 1.54) is 11.1 Å². The molecule has 21 heavy (non-hydrogen) atoms. The van der Waals surface area contributed by atoms with E-state index >= 15 is 0 Å². The number of carbonyl (C=O) groups is 1. The second kappa shape index (κ2) is 5.70. The molecule has 0 amide bonds. The van der Waals surface area contributed by atoms with Crippen LogP contribution in [0.15, 0.2) is 0 Å². The van der Waals surface area contributed by atoms with Crippen molar-refractivity contribution in [2.45, 2.75) is 59.5 Å². The van der Waals surface area contributed by atoms with Gasteiger partial charge in [0, 0.05) is 7.05 Å². The Morgan fingerprint density at radius 1 is 1.48 bits per heavy atom. The summed E-state index contributed by atoms with van der Waals surface area (Å²) >= 11 is 0. The summed E-state index contributed by atoms with van der Waals surface area (Å²) in [7, 11) is 1.74. The molecule has 0 aliphatic heterocycles. The molecule has 1 saturated carbocycles. The number of aryl methyl sites for hydroxylation is 2. The van der Waals surface area contributed by atoms with Crippen molar-refractivity contribution in [1.29, 1.82) is 0 Å². The van der Waals surface area contributed by atoms with Gasteiger partial charge in [-0.2, -0.15) is 5.10 Å². The maximum absolute atomic E-state index is 12.4. The monoisotopic (exact) mass is 293 g/mol. The molecule has 1 aromatic heterocycles. The Balaban J connectivity index is 2.13. The third-order valence-electron chi connectivity index (χ3n) is 4.31. The van der Waals surface area contributed by atoms with E-state index < -0.39 is 0 Å². The minimum Gasteiger partial charge on any atom is -0.458 e. The molecule has 2 unspecified atom stereocenters. The number of hydrogen-bond donors (Lipinski definition) is 1. The predicted molar refractivity (Wildman–Crippen MR) is 83.0 cm³/mol. The average Bonchev–Trinajstić information content (AvgIpc) is 2.61. The molecule has 0 bridgehead atoms. The second-order valence-electron chi connectivity index (χ2n) is 7.13. The number of carbonyl (C=O) groups excluding carboxylic acids is 1. The van der Waals surface area contributed by atoms with Crippen LogP contribution in [-0.2, 0) is 18.2 Å². The normalized spacial score (nSPS) is 24.8. The van der Waals surface area contributed by atoms with E-state index in [4.69, 9.17) is 10.5 Å². The molecule has 1 aliphatic rings. The highest BCUT2D eigenvalue weighted by atomic mass is 16.5. The van der Waals surface area contributed by atoms with Crippen LogP contribution in [0.2, 0.25) is 0 Å². The van der Waals surface area contributed by atoms with Crippen LogP contribution in [-0.4, -0.2) is 21.9 Å². The maximum atomic E-state index is 12.4. The smallest absolute Gasteiger partial charge is 0.359 e. The number of esters is 1. The highest BCUT2D eigenvalue weighted by Crippen LogP contribution is 2.40. The molecule has 0 radical (unpaired) electrons. The lowest BCUT2D eigenvalue weighted by molar-refractivity contribution is -0.00795. The first-order chi connectivity index (χ1) is 9.73. The largest absolute Gasteiger partial charge is 0.458 e. The van der Waals surface area contributed by atoms with Gasteiger partial charge < -0.3 is 10.5 Å². The van der Waals surface area contributed by atoms with Crippen LogP contribution in [0.3, 0.4) is 0 Å². The topological polar surface area (TPSA) is 70.1 Å². The summed E-state index contributed by atoms with van der Waals surface area (Å²) in [5.41, 5.74) is 7.82. The first-order valence-corrected chi connectivity index (χ1v) is 7.76.